The Morgan fingerprint density at radius 1 is 1.53 bits per heavy atom. The van der Waals surface area contributed by atoms with Gasteiger partial charge in [0.1, 0.15) is 5.82 Å². The molecule has 0 radical (unpaired) electrons. The maximum absolute atomic E-state index is 13.6. The number of nitrogens with one attached hydrogen (secondary N) is 1. The molecule has 0 spiro atoms. The minimum Gasteiger partial charge on any atom is -0.346 e. The summed E-state index contributed by atoms with van der Waals surface area (Å²) in [6.07, 6.45) is 4.19. The first kappa shape index (κ1) is 14.5. The van der Waals surface area contributed by atoms with Gasteiger partial charge in [-0.3, -0.25) is 4.79 Å². The monoisotopic (exact) mass is 327 g/mol. The zero-order valence-electron chi connectivity index (χ0n) is 11.1. The van der Waals surface area contributed by atoms with Crippen molar-refractivity contribution >= 4 is 21.8 Å². The summed E-state index contributed by atoms with van der Waals surface area (Å²) in [6.45, 7) is 2.20. The van der Waals surface area contributed by atoms with Crippen molar-refractivity contribution in [1.82, 2.24) is 5.32 Å². The van der Waals surface area contributed by atoms with E-state index in [0.29, 0.717) is 11.2 Å². The lowest BCUT2D eigenvalue weighted by atomic mass is 9.77. The molecule has 2 unspecified atom stereocenters. The summed E-state index contributed by atoms with van der Waals surface area (Å²) in [7, 11) is 0. The average molecular weight is 328 g/mol. The molecule has 0 saturated heterocycles. The number of rotatable bonds is 3. The second kappa shape index (κ2) is 6.04. The van der Waals surface area contributed by atoms with Gasteiger partial charge in [-0.15, -0.1) is 0 Å². The number of carbonyl (C=O) groups excluding carboxylic acids is 1. The fraction of sp³-hybridized carbons (Fsp3) is 0.533. The summed E-state index contributed by atoms with van der Waals surface area (Å²) < 4.78 is 13.6. The van der Waals surface area contributed by atoms with Crippen molar-refractivity contribution in [1.29, 1.82) is 0 Å². The molecule has 0 aliphatic heterocycles. The molecular formula is C15H19BrFNO. The highest BCUT2D eigenvalue weighted by molar-refractivity contribution is 9.09. The fourth-order valence-electron chi connectivity index (χ4n) is 2.88. The third-order valence-corrected chi connectivity index (χ3v) is 4.92. The lowest BCUT2D eigenvalue weighted by Crippen LogP contribution is -2.52. The highest BCUT2D eigenvalue weighted by Gasteiger charge is 2.35. The first-order chi connectivity index (χ1) is 9.06. The van der Waals surface area contributed by atoms with E-state index < -0.39 is 5.82 Å². The van der Waals surface area contributed by atoms with Crippen molar-refractivity contribution in [3.63, 3.8) is 0 Å². The minimum atomic E-state index is -0.464. The summed E-state index contributed by atoms with van der Waals surface area (Å²) in [4.78, 5) is 12.2. The predicted molar refractivity (Wildman–Crippen MR) is 78.0 cm³/mol. The molecular weight excluding hydrogens is 309 g/mol. The predicted octanol–water partition coefficient (Wildman–Crippen LogP) is 3.90. The Bertz CT molecular complexity index is 465. The van der Waals surface area contributed by atoms with E-state index in [2.05, 4.69) is 28.2 Å². The summed E-state index contributed by atoms with van der Waals surface area (Å²) in [6, 6.07) is 6.12. The van der Waals surface area contributed by atoms with Gasteiger partial charge in [-0.25, -0.2) is 4.39 Å². The molecule has 2 nitrogen and oxygen atoms in total. The van der Waals surface area contributed by atoms with Crippen LogP contribution in [-0.4, -0.2) is 16.8 Å². The van der Waals surface area contributed by atoms with Crippen LogP contribution in [0, 0.1) is 11.7 Å². The lowest BCUT2D eigenvalue weighted by molar-refractivity contribution is 0.0865. The molecule has 0 aromatic heterocycles. The standard InChI is InChI=1S/C15H19BrFNO/c1-11-5-4-8-15(9-11,10-16)18-14(19)12-6-2-3-7-13(12)17/h2-3,6-7,11H,4-5,8-10H2,1H3,(H,18,19). The largest absolute Gasteiger partial charge is 0.346 e. The van der Waals surface area contributed by atoms with Crippen LogP contribution in [0.2, 0.25) is 0 Å². The van der Waals surface area contributed by atoms with E-state index in [1.54, 1.807) is 12.1 Å². The molecule has 1 aromatic rings. The molecule has 1 amide bonds. The molecule has 1 N–H and O–H groups in total. The molecule has 0 heterocycles. The van der Waals surface area contributed by atoms with Crippen LogP contribution in [0.4, 0.5) is 4.39 Å². The third-order valence-electron chi connectivity index (χ3n) is 3.84. The Labute approximate surface area is 121 Å². The Morgan fingerprint density at radius 3 is 2.89 bits per heavy atom. The van der Waals surface area contributed by atoms with Crippen LogP contribution >= 0.6 is 15.9 Å². The van der Waals surface area contributed by atoms with Gasteiger partial charge in [0.05, 0.1) is 11.1 Å². The van der Waals surface area contributed by atoms with Gasteiger partial charge in [-0.05, 0) is 30.9 Å². The van der Waals surface area contributed by atoms with Gasteiger partial charge in [0.2, 0.25) is 0 Å². The van der Waals surface area contributed by atoms with Crippen LogP contribution in [0.3, 0.4) is 0 Å². The Morgan fingerprint density at radius 2 is 2.26 bits per heavy atom. The normalized spacial score (nSPS) is 27.0. The van der Waals surface area contributed by atoms with E-state index in [1.807, 2.05) is 0 Å². The fourth-order valence-corrected chi connectivity index (χ4v) is 3.53. The smallest absolute Gasteiger partial charge is 0.254 e. The van der Waals surface area contributed by atoms with Crippen LogP contribution in [0.15, 0.2) is 24.3 Å². The van der Waals surface area contributed by atoms with Crippen LogP contribution in [0.1, 0.15) is 43.0 Å². The number of amides is 1. The molecule has 19 heavy (non-hydrogen) atoms. The number of carbonyl (C=O) groups is 1. The van der Waals surface area contributed by atoms with Crippen molar-refractivity contribution in [2.24, 2.45) is 5.92 Å². The molecule has 2 rings (SSSR count). The highest BCUT2D eigenvalue weighted by atomic mass is 79.9. The van der Waals surface area contributed by atoms with Crippen LogP contribution in [0.25, 0.3) is 0 Å². The van der Waals surface area contributed by atoms with Crippen LogP contribution < -0.4 is 5.32 Å². The van der Waals surface area contributed by atoms with Crippen LogP contribution in [-0.2, 0) is 0 Å². The second-order valence-corrected chi connectivity index (χ2v) is 6.11. The van der Waals surface area contributed by atoms with E-state index in [4.69, 9.17) is 0 Å². The van der Waals surface area contributed by atoms with Crippen molar-refractivity contribution in [2.75, 3.05) is 5.33 Å². The summed E-state index contributed by atoms with van der Waals surface area (Å²) >= 11 is 3.51. The molecule has 1 aliphatic rings. The average Bonchev–Trinajstić information content (AvgIpc) is 2.39. The van der Waals surface area contributed by atoms with E-state index in [-0.39, 0.29) is 17.0 Å². The summed E-state index contributed by atoms with van der Waals surface area (Å²) in [5, 5.41) is 3.76. The van der Waals surface area contributed by atoms with Crippen molar-refractivity contribution in [3.8, 4) is 0 Å². The molecule has 4 heteroatoms. The zero-order chi connectivity index (χ0) is 13.9. The molecule has 104 valence electrons. The van der Waals surface area contributed by atoms with Gasteiger partial charge < -0.3 is 5.32 Å². The Balaban J connectivity index is 2.14. The zero-order valence-corrected chi connectivity index (χ0v) is 12.7. The molecule has 1 aliphatic carbocycles. The van der Waals surface area contributed by atoms with Crippen molar-refractivity contribution < 1.29 is 9.18 Å². The first-order valence-corrected chi connectivity index (χ1v) is 7.81. The summed E-state index contributed by atoms with van der Waals surface area (Å²) in [5.74, 6) is -0.188. The maximum Gasteiger partial charge on any atom is 0.254 e. The minimum absolute atomic E-state index is 0.126. The number of hydrogen-bond acceptors (Lipinski definition) is 1. The quantitative estimate of drug-likeness (QED) is 0.838. The van der Waals surface area contributed by atoms with E-state index >= 15 is 0 Å². The number of benzene rings is 1. The van der Waals surface area contributed by atoms with Gasteiger partial charge in [-0.1, -0.05) is 47.8 Å². The van der Waals surface area contributed by atoms with E-state index in [1.165, 1.54) is 18.6 Å². The number of halogens is 2. The van der Waals surface area contributed by atoms with E-state index in [0.717, 1.165) is 19.3 Å². The SMILES string of the molecule is CC1CCCC(CBr)(NC(=O)c2ccccc2F)C1. The van der Waals surface area contributed by atoms with Gasteiger partial charge in [0.25, 0.3) is 5.91 Å². The van der Waals surface area contributed by atoms with Gasteiger partial charge in [-0.2, -0.15) is 0 Å². The molecule has 0 bridgehead atoms. The highest BCUT2D eigenvalue weighted by Crippen LogP contribution is 2.33. The van der Waals surface area contributed by atoms with Crippen LogP contribution in [0.5, 0.6) is 0 Å². The molecule has 1 fully saturated rings. The molecule has 1 saturated carbocycles. The maximum atomic E-state index is 13.6. The Kier molecular flexibility index (Phi) is 4.61. The first-order valence-electron chi connectivity index (χ1n) is 6.69. The number of alkyl halides is 1. The molecule has 2 atom stereocenters. The topological polar surface area (TPSA) is 29.1 Å². The third kappa shape index (κ3) is 3.35. The van der Waals surface area contributed by atoms with E-state index in [9.17, 15) is 9.18 Å². The molecule has 1 aromatic carbocycles. The number of hydrogen-bond donors (Lipinski definition) is 1. The van der Waals surface area contributed by atoms with Gasteiger partial charge in [0.15, 0.2) is 0 Å². The van der Waals surface area contributed by atoms with Crippen molar-refractivity contribution in [2.45, 2.75) is 38.1 Å². The second-order valence-electron chi connectivity index (χ2n) is 5.55. The van der Waals surface area contributed by atoms with Crippen molar-refractivity contribution in [3.05, 3.63) is 35.6 Å². The van der Waals surface area contributed by atoms with Gasteiger partial charge >= 0.3 is 0 Å². The summed E-state index contributed by atoms with van der Waals surface area (Å²) in [5.41, 5.74) is -0.113. The van der Waals surface area contributed by atoms with Gasteiger partial charge in [0, 0.05) is 5.33 Å². The lowest BCUT2D eigenvalue weighted by Gasteiger charge is -2.39. The Hall–Kier alpha value is -0.900.